The molecule has 11 nitrogen and oxygen atoms in total. The third-order valence-electron chi connectivity index (χ3n) is 6.16. The average Bonchev–Trinajstić information content (AvgIpc) is 2.90. The molecule has 1 saturated heterocycles. The first kappa shape index (κ1) is 29.4. The quantitative estimate of drug-likeness (QED) is 0.358. The Hall–Kier alpha value is -4.12. The van der Waals surface area contributed by atoms with Crippen molar-refractivity contribution in [3.05, 3.63) is 47.5 Å². The van der Waals surface area contributed by atoms with Crippen LogP contribution < -0.4 is 9.47 Å². The zero-order chi connectivity index (χ0) is 28.9. The Morgan fingerprint density at radius 2 is 1.28 bits per heavy atom. The van der Waals surface area contributed by atoms with Gasteiger partial charge in [-0.1, -0.05) is 18.2 Å². The van der Waals surface area contributed by atoms with Crippen LogP contribution in [0.15, 0.2) is 36.4 Å². The summed E-state index contributed by atoms with van der Waals surface area (Å²) in [6, 6.07) is 10.1. The van der Waals surface area contributed by atoms with E-state index in [9.17, 15) is 19.2 Å². The molecule has 210 valence electrons. The molecule has 0 aliphatic carbocycles. The first-order valence-electron chi connectivity index (χ1n) is 12.1. The lowest BCUT2D eigenvalue weighted by atomic mass is 9.88. The number of methoxy groups -OCH3 is 3. The number of benzene rings is 2. The van der Waals surface area contributed by atoms with Crippen molar-refractivity contribution in [3.8, 4) is 22.6 Å². The molecule has 1 heterocycles. The van der Waals surface area contributed by atoms with Gasteiger partial charge in [-0.25, -0.2) is 4.79 Å². The van der Waals surface area contributed by atoms with E-state index in [1.807, 2.05) is 0 Å². The Morgan fingerprint density at radius 1 is 0.718 bits per heavy atom. The van der Waals surface area contributed by atoms with Gasteiger partial charge in [-0.15, -0.1) is 0 Å². The molecule has 0 radical (unpaired) electrons. The molecule has 0 spiro atoms. The molecule has 0 amide bonds. The number of hydrogen-bond acceptors (Lipinski definition) is 11. The Labute approximate surface area is 226 Å². The van der Waals surface area contributed by atoms with Gasteiger partial charge in [0.1, 0.15) is 17.6 Å². The number of rotatable bonds is 8. The lowest BCUT2D eigenvalue weighted by molar-refractivity contribution is -0.245. The highest BCUT2D eigenvalue weighted by Crippen LogP contribution is 2.45. The third kappa shape index (κ3) is 6.48. The Bertz CT molecular complexity index is 1240. The summed E-state index contributed by atoms with van der Waals surface area (Å²) < 4.78 is 39.0. The molecule has 3 rings (SSSR count). The molecule has 0 bridgehead atoms. The fourth-order valence-corrected chi connectivity index (χ4v) is 4.63. The van der Waals surface area contributed by atoms with E-state index in [2.05, 4.69) is 0 Å². The van der Waals surface area contributed by atoms with E-state index >= 15 is 0 Å². The molecule has 0 saturated carbocycles. The molecule has 1 aliphatic heterocycles. The fraction of sp³-hybridized carbons (Fsp3) is 0.429. The van der Waals surface area contributed by atoms with Gasteiger partial charge in [-0.3, -0.25) is 14.4 Å². The summed E-state index contributed by atoms with van der Waals surface area (Å²) in [5, 5.41) is 0. The summed E-state index contributed by atoms with van der Waals surface area (Å²) in [4.78, 5) is 48.7. The van der Waals surface area contributed by atoms with Gasteiger partial charge in [0.15, 0.2) is 18.3 Å². The molecule has 0 N–H and O–H groups in total. The Kier molecular flexibility index (Phi) is 9.52. The van der Waals surface area contributed by atoms with E-state index in [0.717, 1.165) is 0 Å². The highest BCUT2D eigenvalue weighted by molar-refractivity contribution is 5.98. The van der Waals surface area contributed by atoms with Gasteiger partial charge in [0.2, 0.25) is 0 Å². The Balaban J connectivity index is 2.26. The third-order valence-corrected chi connectivity index (χ3v) is 6.16. The molecule has 0 aromatic heterocycles. The summed E-state index contributed by atoms with van der Waals surface area (Å²) in [5.74, 6) is -1.83. The molecule has 1 fully saturated rings. The zero-order valence-corrected chi connectivity index (χ0v) is 22.8. The minimum atomic E-state index is -1.22. The van der Waals surface area contributed by atoms with Crippen LogP contribution in [0.1, 0.15) is 49.7 Å². The number of ether oxygens (including phenoxy) is 7. The van der Waals surface area contributed by atoms with Crippen LogP contribution in [-0.4, -0.2) is 69.6 Å². The van der Waals surface area contributed by atoms with Gasteiger partial charge in [0, 0.05) is 38.0 Å². The van der Waals surface area contributed by atoms with Gasteiger partial charge in [0.25, 0.3) is 0 Å². The molecule has 39 heavy (non-hydrogen) atoms. The number of hydrogen-bond donors (Lipinski definition) is 0. The second kappa shape index (κ2) is 12.6. The van der Waals surface area contributed by atoms with Crippen molar-refractivity contribution in [2.24, 2.45) is 0 Å². The average molecular weight is 545 g/mol. The smallest absolute Gasteiger partial charge is 0.338 e. The van der Waals surface area contributed by atoms with Gasteiger partial charge >= 0.3 is 23.9 Å². The van der Waals surface area contributed by atoms with Gasteiger partial charge in [-0.2, -0.15) is 0 Å². The summed E-state index contributed by atoms with van der Waals surface area (Å²) in [7, 11) is 4.20. The van der Waals surface area contributed by atoms with Crippen molar-refractivity contribution in [1.29, 1.82) is 0 Å². The highest BCUT2D eigenvalue weighted by atomic mass is 16.6. The van der Waals surface area contributed by atoms with Crippen molar-refractivity contribution in [3.63, 3.8) is 0 Å². The fourth-order valence-electron chi connectivity index (χ4n) is 4.63. The SMILES string of the molecule is COC(=O)c1ccccc1-c1cc([C@H]2O[C@@H](C)[C@@H](OC(C)=O)[C@@H](OC(C)=O)[C@@H]2OC(C)=O)c(OC)cc1OC. The monoisotopic (exact) mass is 544 g/mol. The van der Waals surface area contributed by atoms with Crippen LogP contribution in [0, 0.1) is 0 Å². The predicted molar refractivity (Wildman–Crippen MR) is 136 cm³/mol. The van der Waals surface area contributed by atoms with E-state index in [4.69, 9.17) is 33.2 Å². The predicted octanol–water partition coefficient (Wildman–Crippen LogP) is 3.41. The van der Waals surface area contributed by atoms with Crippen molar-refractivity contribution < 1.29 is 52.3 Å². The van der Waals surface area contributed by atoms with E-state index in [0.29, 0.717) is 28.2 Å². The van der Waals surface area contributed by atoms with Crippen LogP contribution in [0.4, 0.5) is 0 Å². The van der Waals surface area contributed by atoms with Crippen LogP contribution in [0.3, 0.4) is 0 Å². The molecule has 1 aliphatic rings. The second-order valence-corrected chi connectivity index (χ2v) is 8.82. The van der Waals surface area contributed by atoms with Crippen molar-refractivity contribution in [2.45, 2.75) is 58.2 Å². The largest absolute Gasteiger partial charge is 0.496 e. The maximum Gasteiger partial charge on any atom is 0.338 e. The number of carbonyl (C=O) groups excluding carboxylic acids is 4. The van der Waals surface area contributed by atoms with Crippen LogP contribution in [-0.2, 0) is 38.1 Å². The summed E-state index contributed by atoms with van der Waals surface area (Å²) >= 11 is 0. The normalized spacial score (nSPS) is 22.3. The topological polar surface area (TPSA) is 133 Å². The van der Waals surface area contributed by atoms with E-state index < -0.39 is 54.4 Å². The summed E-state index contributed by atoms with van der Waals surface area (Å²) in [5.41, 5.74) is 1.70. The molecule has 0 unspecified atom stereocenters. The number of esters is 4. The molecule has 2 aromatic rings. The maximum atomic E-state index is 12.5. The molecule has 5 atom stereocenters. The second-order valence-electron chi connectivity index (χ2n) is 8.82. The summed E-state index contributed by atoms with van der Waals surface area (Å²) in [6.07, 6.45) is -5.30. The molecule has 2 aromatic carbocycles. The minimum Gasteiger partial charge on any atom is -0.496 e. The van der Waals surface area contributed by atoms with Crippen LogP contribution in [0.2, 0.25) is 0 Å². The van der Waals surface area contributed by atoms with E-state index in [1.54, 1.807) is 43.3 Å². The van der Waals surface area contributed by atoms with Crippen molar-refractivity contribution >= 4 is 23.9 Å². The van der Waals surface area contributed by atoms with Crippen LogP contribution >= 0.6 is 0 Å². The van der Waals surface area contributed by atoms with Gasteiger partial charge < -0.3 is 33.2 Å². The van der Waals surface area contributed by atoms with Crippen LogP contribution in [0.25, 0.3) is 11.1 Å². The van der Waals surface area contributed by atoms with E-state index in [1.165, 1.54) is 42.1 Å². The van der Waals surface area contributed by atoms with Crippen LogP contribution in [0.5, 0.6) is 11.5 Å². The van der Waals surface area contributed by atoms with Gasteiger partial charge in [0.05, 0.1) is 33.0 Å². The Morgan fingerprint density at radius 3 is 1.85 bits per heavy atom. The van der Waals surface area contributed by atoms with E-state index in [-0.39, 0.29) is 5.56 Å². The van der Waals surface area contributed by atoms with Crippen molar-refractivity contribution in [1.82, 2.24) is 0 Å². The summed E-state index contributed by atoms with van der Waals surface area (Å²) in [6.45, 7) is 5.25. The molecule has 11 heteroatoms. The van der Waals surface area contributed by atoms with Crippen molar-refractivity contribution in [2.75, 3.05) is 21.3 Å². The minimum absolute atomic E-state index is 0.289. The lowest BCUT2D eigenvalue weighted by Gasteiger charge is -2.44. The van der Waals surface area contributed by atoms with Gasteiger partial charge in [-0.05, 0) is 24.6 Å². The number of carbonyl (C=O) groups is 4. The molecular weight excluding hydrogens is 512 g/mol. The standard InChI is InChI=1S/C28H32O11/c1-14-24(37-15(2)29)26(38-16(3)30)27(39-17(4)31)25(36-14)21-12-20(22(33-5)13-23(21)34-6)18-10-8-9-11-19(18)28(32)35-7/h8-14,24-27H,1-7H3/t14-,24+,25+,26+,27+/m0/s1. The maximum absolute atomic E-state index is 12.5. The zero-order valence-electron chi connectivity index (χ0n) is 22.8. The first-order chi connectivity index (χ1) is 18.5. The lowest BCUT2D eigenvalue weighted by Crippen LogP contribution is -2.57. The highest BCUT2D eigenvalue weighted by Gasteiger charge is 2.51. The molecular formula is C28H32O11. The first-order valence-corrected chi connectivity index (χ1v) is 12.1.